The van der Waals surface area contributed by atoms with Gasteiger partial charge in [0.25, 0.3) is 11.8 Å². The van der Waals surface area contributed by atoms with Gasteiger partial charge in [-0.05, 0) is 30.3 Å². The van der Waals surface area contributed by atoms with Crippen molar-refractivity contribution in [3.8, 4) is 23.0 Å². The van der Waals surface area contributed by atoms with Crippen molar-refractivity contribution < 1.29 is 28.5 Å². The number of amides is 2. The van der Waals surface area contributed by atoms with Crippen LogP contribution in [0.4, 0.5) is 0 Å². The number of hydrazine groups is 1. The standard InChI is InChI=1S/C18H20N2O6/c1-23-12-9-8-11(10-15(12)26-4)17(21)19-20-18(22)16-13(24-2)6-5-7-14(16)25-3/h5-10H,1-4H3,(H,19,21)(H,20,22). The van der Waals surface area contributed by atoms with Gasteiger partial charge in [0.1, 0.15) is 17.1 Å². The number of methoxy groups -OCH3 is 4. The van der Waals surface area contributed by atoms with E-state index in [1.54, 1.807) is 30.3 Å². The van der Waals surface area contributed by atoms with Crippen LogP contribution in [0.15, 0.2) is 36.4 Å². The van der Waals surface area contributed by atoms with E-state index in [4.69, 9.17) is 18.9 Å². The molecule has 2 N–H and O–H groups in total. The Morgan fingerprint density at radius 2 is 1.23 bits per heavy atom. The SMILES string of the molecule is COc1ccc(C(=O)NNC(=O)c2c(OC)cccc2OC)cc1OC. The van der Waals surface area contributed by atoms with Gasteiger partial charge in [-0.15, -0.1) is 0 Å². The predicted octanol–water partition coefficient (Wildman–Crippen LogP) is 1.80. The first-order valence-electron chi connectivity index (χ1n) is 7.59. The number of carbonyl (C=O) groups excluding carboxylic acids is 2. The Kier molecular flexibility index (Phi) is 6.26. The number of rotatable bonds is 6. The average Bonchev–Trinajstić information content (AvgIpc) is 2.70. The number of hydrogen-bond donors (Lipinski definition) is 2. The summed E-state index contributed by atoms with van der Waals surface area (Å²) in [5.41, 5.74) is 5.14. The van der Waals surface area contributed by atoms with Crippen LogP contribution in [0.1, 0.15) is 20.7 Å². The Labute approximate surface area is 151 Å². The van der Waals surface area contributed by atoms with E-state index in [1.165, 1.54) is 34.5 Å². The molecule has 2 aromatic carbocycles. The lowest BCUT2D eigenvalue weighted by Gasteiger charge is -2.14. The van der Waals surface area contributed by atoms with Crippen molar-refractivity contribution in [3.63, 3.8) is 0 Å². The van der Waals surface area contributed by atoms with Crippen LogP contribution in [0.2, 0.25) is 0 Å². The molecule has 8 nitrogen and oxygen atoms in total. The smallest absolute Gasteiger partial charge is 0.277 e. The Hall–Kier alpha value is -3.42. The summed E-state index contributed by atoms with van der Waals surface area (Å²) in [5.74, 6) is 0.440. The van der Waals surface area contributed by atoms with Crippen LogP contribution in [0, 0.1) is 0 Å². The number of ether oxygens (including phenoxy) is 4. The van der Waals surface area contributed by atoms with Gasteiger partial charge in [-0.2, -0.15) is 0 Å². The van der Waals surface area contributed by atoms with E-state index >= 15 is 0 Å². The van der Waals surface area contributed by atoms with E-state index in [2.05, 4.69) is 10.9 Å². The van der Waals surface area contributed by atoms with Gasteiger partial charge in [-0.1, -0.05) is 6.07 Å². The summed E-state index contributed by atoms with van der Waals surface area (Å²) in [5, 5.41) is 0. The van der Waals surface area contributed by atoms with E-state index in [-0.39, 0.29) is 11.1 Å². The lowest BCUT2D eigenvalue weighted by Crippen LogP contribution is -2.41. The fourth-order valence-corrected chi connectivity index (χ4v) is 2.30. The fourth-order valence-electron chi connectivity index (χ4n) is 2.30. The highest BCUT2D eigenvalue weighted by atomic mass is 16.5. The molecule has 0 heterocycles. The zero-order valence-electron chi connectivity index (χ0n) is 14.9. The molecule has 2 amide bonds. The molecule has 2 aromatic rings. The Morgan fingerprint density at radius 3 is 1.77 bits per heavy atom. The van der Waals surface area contributed by atoms with Gasteiger partial charge in [0.15, 0.2) is 11.5 Å². The molecule has 138 valence electrons. The van der Waals surface area contributed by atoms with Crippen LogP contribution < -0.4 is 29.8 Å². The summed E-state index contributed by atoms with van der Waals surface area (Å²) in [6.45, 7) is 0. The molecule has 0 aromatic heterocycles. The van der Waals surface area contributed by atoms with Crippen molar-refractivity contribution in [2.24, 2.45) is 0 Å². The molecule has 26 heavy (non-hydrogen) atoms. The average molecular weight is 360 g/mol. The lowest BCUT2D eigenvalue weighted by atomic mass is 10.1. The third-order valence-corrected chi connectivity index (χ3v) is 3.59. The maximum Gasteiger partial charge on any atom is 0.277 e. The number of nitrogens with one attached hydrogen (secondary N) is 2. The molecule has 0 saturated carbocycles. The predicted molar refractivity (Wildman–Crippen MR) is 94.0 cm³/mol. The van der Waals surface area contributed by atoms with Gasteiger partial charge >= 0.3 is 0 Å². The lowest BCUT2D eigenvalue weighted by molar-refractivity contribution is 0.0843. The van der Waals surface area contributed by atoms with E-state index in [0.717, 1.165) is 0 Å². The minimum Gasteiger partial charge on any atom is -0.496 e. The van der Waals surface area contributed by atoms with E-state index in [9.17, 15) is 9.59 Å². The highest BCUT2D eigenvalue weighted by Gasteiger charge is 2.19. The Balaban J connectivity index is 2.14. The third-order valence-electron chi connectivity index (χ3n) is 3.59. The highest BCUT2D eigenvalue weighted by Crippen LogP contribution is 2.28. The largest absolute Gasteiger partial charge is 0.496 e. The molecule has 0 atom stereocenters. The van der Waals surface area contributed by atoms with E-state index < -0.39 is 11.8 Å². The maximum atomic E-state index is 12.4. The van der Waals surface area contributed by atoms with Crippen molar-refractivity contribution in [2.75, 3.05) is 28.4 Å². The second-order valence-corrected chi connectivity index (χ2v) is 5.02. The molecule has 0 unspecified atom stereocenters. The normalized spacial score (nSPS) is 9.85. The number of hydrogen-bond acceptors (Lipinski definition) is 6. The molecule has 0 radical (unpaired) electrons. The maximum absolute atomic E-state index is 12.4. The first-order chi connectivity index (χ1) is 12.5. The molecular formula is C18H20N2O6. The zero-order valence-corrected chi connectivity index (χ0v) is 14.9. The molecule has 0 spiro atoms. The van der Waals surface area contributed by atoms with Crippen molar-refractivity contribution >= 4 is 11.8 Å². The number of benzene rings is 2. The summed E-state index contributed by atoms with van der Waals surface area (Å²) < 4.78 is 20.6. The van der Waals surface area contributed by atoms with Crippen LogP contribution in [-0.4, -0.2) is 40.3 Å². The van der Waals surface area contributed by atoms with Gasteiger partial charge in [0, 0.05) is 5.56 Å². The molecule has 0 aliphatic rings. The van der Waals surface area contributed by atoms with Gasteiger partial charge in [0.05, 0.1) is 28.4 Å². The summed E-state index contributed by atoms with van der Waals surface area (Å²) >= 11 is 0. The fraction of sp³-hybridized carbons (Fsp3) is 0.222. The van der Waals surface area contributed by atoms with Gasteiger partial charge in [0.2, 0.25) is 0 Å². The molecular weight excluding hydrogens is 340 g/mol. The van der Waals surface area contributed by atoms with Crippen LogP contribution >= 0.6 is 0 Å². The summed E-state index contributed by atoms with van der Waals surface area (Å²) in [4.78, 5) is 24.7. The number of carbonyl (C=O) groups is 2. The minimum absolute atomic E-state index is 0.171. The molecule has 0 fully saturated rings. The van der Waals surface area contributed by atoms with Crippen LogP contribution in [0.25, 0.3) is 0 Å². The molecule has 2 rings (SSSR count). The van der Waals surface area contributed by atoms with Crippen molar-refractivity contribution in [1.29, 1.82) is 0 Å². The highest BCUT2D eigenvalue weighted by molar-refractivity contribution is 6.02. The van der Waals surface area contributed by atoms with Gasteiger partial charge in [-0.3, -0.25) is 20.4 Å². The summed E-state index contributed by atoms with van der Waals surface area (Å²) in [7, 11) is 5.84. The second-order valence-electron chi connectivity index (χ2n) is 5.02. The van der Waals surface area contributed by atoms with E-state index in [0.29, 0.717) is 23.0 Å². The van der Waals surface area contributed by atoms with Gasteiger partial charge in [-0.25, -0.2) is 0 Å². The molecule has 0 aliphatic carbocycles. The van der Waals surface area contributed by atoms with Crippen molar-refractivity contribution in [3.05, 3.63) is 47.5 Å². The summed E-state index contributed by atoms with van der Waals surface area (Å²) in [6.07, 6.45) is 0. The second kappa shape index (κ2) is 8.61. The first kappa shape index (κ1) is 18.9. The van der Waals surface area contributed by atoms with Crippen LogP contribution in [0.5, 0.6) is 23.0 Å². The quantitative estimate of drug-likeness (QED) is 0.763. The monoisotopic (exact) mass is 360 g/mol. The minimum atomic E-state index is -0.576. The van der Waals surface area contributed by atoms with Crippen LogP contribution in [0.3, 0.4) is 0 Å². The first-order valence-corrected chi connectivity index (χ1v) is 7.59. The van der Waals surface area contributed by atoms with E-state index in [1.807, 2.05) is 0 Å². The Morgan fingerprint density at radius 1 is 0.692 bits per heavy atom. The third kappa shape index (κ3) is 3.97. The zero-order chi connectivity index (χ0) is 19.1. The topological polar surface area (TPSA) is 95.1 Å². The van der Waals surface area contributed by atoms with Gasteiger partial charge < -0.3 is 18.9 Å². The molecule has 0 aliphatic heterocycles. The van der Waals surface area contributed by atoms with Crippen molar-refractivity contribution in [2.45, 2.75) is 0 Å². The molecule has 0 saturated heterocycles. The van der Waals surface area contributed by atoms with Crippen LogP contribution in [-0.2, 0) is 0 Å². The molecule has 8 heteroatoms. The summed E-state index contributed by atoms with van der Waals surface area (Å²) in [6, 6.07) is 9.58. The van der Waals surface area contributed by atoms with Crippen molar-refractivity contribution in [1.82, 2.24) is 10.9 Å². The Bertz CT molecular complexity index is 784. The molecule has 0 bridgehead atoms.